The molecule has 1 aromatic carbocycles. The number of methoxy groups -OCH3 is 1. The molecule has 0 aromatic heterocycles. The quantitative estimate of drug-likeness (QED) is 0.622. The molecule has 0 bridgehead atoms. The third-order valence-electron chi connectivity index (χ3n) is 3.40. The molecule has 0 radical (unpaired) electrons. The van der Waals surface area contributed by atoms with Gasteiger partial charge in [-0.1, -0.05) is 49.1 Å². The molecule has 1 atom stereocenters. The molecule has 0 N–H and O–H groups in total. The van der Waals surface area contributed by atoms with Crippen molar-refractivity contribution in [3.05, 3.63) is 71.3 Å². The molecule has 3 heteroatoms. The number of hydrogen-bond donors (Lipinski definition) is 0. The fraction of sp³-hybridized carbons (Fsp3) is 0.235. The first-order valence-corrected chi connectivity index (χ1v) is 6.39. The first-order valence-electron chi connectivity index (χ1n) is 6.39. The zero-order valence-corrected chi connectivity index (χ0v) is 11.8. The van der Waals surface area contributed by atoms with E-state index in [2.05, 4.69) is 13.2 Å². The molecule has 0 saturated carbocycles. The van der Waals surface area contributed by atoms with Crippen LogP contribution in [0.25, 0.3) is 0 Å². The lowest BCUT2D eigenvalue weighted by atomic mass is 9.95. The van der Waals surface area contributed by atoms with Crippen LogP contribution >= 0.6 is 0 Å². The van der Waals surface area contributed by atoms with Crippen molar-refractivity contribution in [3.63, 3.8) is 0 Å². The highest BCUT2D eigenvalue weighted by Crippen LogP contribution is 2.37. The highest BCUT2D eigenvalue weighted by Gasteiger charge is 2.33. The second kappa shape index (κ2) is 5.88. The summed E-state index contributed by atoms with van der Waals surface area (Å²) >= 11 is 0. The van der Waals surface area contributed by atoms with Gasteiger partial charge >= 0.3 is 5.97 Å². The monoisotopic (exact) mass is 270 g/mol. The van der Waals surface area contributed by atoms with E-state index < -0.39 is 6.10 Å². The summed E-state index contributed by atoms with van der Waals surface area (Å²) < 4.78 is 10.6. The average Bonchev–Trinajstić information content (AvgIpc) is 2.91. The summed E-state index contributed by atoms with van der Waals surface area (Å²) in [6.45, 7) is 9.95. The molecule has 20 heavy (non-hydrogen) atoms. The van der Waals surface area contributed by atoms with Crippen molar-refractivity contribution >= 4 is 5.97 Å². The summed E-state index contributed by atoms with van der Waals surface area (Å²) in [4.78, 5) is 12.1. The van der Waals surface area contributed by atoms with Crippen LogP contribution in [0.4, 0.5) is 0 Å². The van der Waals surface area contributed by atoms with Crippen molar-refractivity contribution in [3.8, 4) is 0 Å². The molecule has 1 heterocycles. The van der Waals surface area contributed by atoms with Gasteiger partial charge in [0, 0.05) is 0 Å². The van der Waals surface area contributed by atoms with Crippen LogP contribution in [-0.4, -0.2) is 19.7 Å². The third kappa shape index (κ3) is 2.58. The minimum Gasteiger partial charge on any atom is -0.466 e. The van der Waals surface area contributed by atoms with Crippen molar-refractivity contribution in [2.45, 2.75) is 13.0 Å². The summed E-state index contributed by atoms with van der Waals surface area (Å²) in [5.41, 5.74) is 4.06. The number of aryl methyl sites for hydroxylation is 1. The van der Waals surface area contributed by atoms with Gasteiger partial charge in [-0.3, -0.25) is 0 Å². The molecule has 2 rings (SSSR count). The maximum Gasteiger partial charge on any atom is 0.337 e. The number of allylic oxidation sites excluding steroid dienone is 1. The first-order chi connectivity index (χ1) is 9.58. The Kier molecular flexibility index (Phi) is 4.20. The predicted molar refractivity (Wildman–Crippen MR) is 78.3 cm³/mol. The van der Waals surface area contributed by atoms with E-state index in [4.69, 9.17) is 9.47 Å². The molecular weight excluding hydrogens is 252 g/mol. The average molecular weight is 270 g/mol. The van der Waals surface area contributed by atoms with Crippen LogP contribution in [0.3, 0.4) is 0 Å². The van der Waals surface area contributed by atoms with Crippen LogP contribution in [0.1, 0.15) is 17.2 Å². The number of carbonyl (C=O) groups excluding carboxylic acids is 1. The Morgan fingerprint density at radius 2 is 2.05 bits per heavy atom. The van der Waals surface area contributed by atoms with Gasteiger partial charge in [-0.25, -0.2) is 4.79 Å². The molecular formula is C17H18O3. The minimum absolute atomic E-state index is 0.341. The molecule has 1 aliphatic heterocycles. The number of benzene rings is 1. The maximum absolute atomic E-state index is 12.1. The summed E-state index contributed by atoms with van der Waals surface area (Å²) in [7, 11) is 1.37. The molecule has 3 nitrogen and oxygen atoms in total. The number of rotatable bonds is 4. The summed E-state index contributed by atoms with van der Waals surface area (Å²) in [5, 5.41) is 0. The van der Waals surface area contributed by atoms with Gasteiger partial charge in [0.15, 0.2) is 0 Å². The van der Waals surface area contributed by atoms with Gasteiger partial charge in [-0.15, -0.1) is 0 Å². The van der Waals surface area contributed by atoms with E-state index in [1.165, 1.54) is 7.11 Å². The fourth-order valence-electron chi connectivity index (χ4n) is 2.22. The lowest BCUT2D eigenvalue weighted by Gasteiger charge is -2.14. The van der Waals surface area contributed by atoms with Gasteiger partial charge in [0.1, 0.15) is 6.10 Å². The third-order valence-corrected chi connectivity index (χ3v) is 3.40. The van der Waals surface area contributed by atoms with E-state index in [9.17, 15) is 4.79 Å². The Balaban J connectivity index is 2.46. The van der Waals surface area contributed by atoms with Gasteiger partial charge in [-0.05, 0) is 23.6 Å². The summed E-state index contributed by atoms with van der Waals surface area (Å²) in [5.74, 6) is -0.383. The lowest BCUT2D eigenvalue weighted by Crippen LogP contribution is -2.12. The Labute approximate surface area is 119 Å². The molecule has 0 aliphatic carbocycles. The Bertz CT molecular complexity index is 579. The highest BCUT2D eigenvalue weighted by atomic mass is 16.5. The van der Waals surface area contributed by atoms with Crippen molar-refractivity contribution < 1.29 is 14.3 Å². The summed E-state index contributed by atoms with van der Waals surface area (Å²) in [6.07, 6.45) is 1.22. The number of carbonyl (C=O) groups is 1. The van der Waals surface area contributed by atoms with Gasteiger partial charge in [0.25, 0.3) is 0 Å². The smallest absolute Gasteiger partial charge is 0.337 e. The maximum atomic E-state index is 12.1. The molecule has 104 valence electrons. The lowest BCUT2D eigenvalue weighted by molar-refractivity contribution is -0.137. The van der Waals surface area contributed by atoms with Crippen LogP contribution < -0.4 is 0 Å². The van der Waals surface area contributed by atoms with Gasteiger partial charge in [0.2, 0.25) is 0 Å². The van der Waals surface area contributed by atoms with Crippen LogP contribution in [0.2, 0.25) is 0 Å². The van der Waals surface area contributed by atoms with Crippen molar-refractivity contribution in [1.82, 2.24) is 0 Å². The van der Waals surface area contributed by atoms with Crippen LogP contribution in [0.15, 0.2) is 60.2 Å². The van der Waals surface area contributed by atoms with Crippen molar-refractivity contribution in [2.75, 3.05) is 13.7 Å². The second-order valence-corrected chi connectivity index (χ2v) is 4.71. The molecule has 0 spiro atoms. The van der Waals surface area contributed by atoms with Gasteiger partial charge in [-0.2, -0.15) is 0 Å². The number of esters is 1. The Morgan fingerprint density at radius 3 is 2.60 bits per heavy atom. The number of ether oxygens (including phenoxy) is 2. The SMILES string of the molecule is C=CC(=C)C1=C(C(=O)OC)C(c2ccc(C)cc2)OC1. The Morgan fingerprint density at radius 1 is 1.40 bits per heavy atom. The van der Waals surface area contributed by atoms with Gasteiger partial charge in [0.05, 0.1) is 19.3 Å². The van der Waals surface area contributed by atoms with E-state index in [1.54, 1.807) is 6.08 Å². The van der Waals surface area contributed by atoms with E-state index in [0.29, 0.717) is 17.8 Å². The van der Waals surface area contributed by atoms with Crippen LogP contribution in [0, 0.1) is 6.92 Å². The Hall–Kier alpha value is -2.13. The van der Waals surface area contributed by atoms with E-state index in [1.807, 2.05) is 31.2 Å². The zero-order chi connectivity index (χ0) is 14.7. The van der Waals surface area contributed by atoms with Crippen LogP contribution in [0.5, 0.6) is 0 Å². The molecule has 0 amide bonds. The minimum atomic E-state index is -0.408. The van der Waals surface area contributed by atoms with Crippen LogP contribution in [-0.2, 0) is 14.3 Å². The highest BCUT2D eigenvalue weighted by molar-refractivity contribution is 5.92. The van der Waals surface area contributed by atoms with Crippen molar-refractivity contribution in [1.29, 1.82) is 0 Å². The molecule has 1 aliphatic rings. The first kappa shape index (κ1) is 14.3. The molecule has 1 unspecified atom stereocenters. The van der Waals surface area contributed by atoms with E-state index in [-0.39, 0.29) is 5.97 Å². The largest absolute Gasteiger partial charge is 0.466 e. The summed E-state index contributed by atoms with van der Waals surface area (Å²) in [6, 6.07) is 7.91. The fourth-order valence-corrected chi connectivity index (χ4v) is 2.22. The topological polar surface area (TPSA) is 35.5 Å². The molecule has 1 aromatic rings. The normalized spacial score (nSPS) is 18.0. The second-order valence-electron chi connectivity index (χ2n) is 4.71. The zero-order valence-electron chi connectivity index (χ0n) is 11.8. The van der Waals surface area contributed by atoms with E-state index in [0.717, 1.165) is 16.7 Å². The molecule has 0 saturated heterocycles. The van der Waals surface area contributed by atoms with Gasteiger partial charge < -0.3 is 9.47 Å². The molecule has 0 fully saturated rings. The standard InChI is InChI=1S/C17H18O3/c1-5-12(3)14-10-20-16(15(14)17(18)19-4)13-8-6-11(2)7-9-13/h5-9,16H,1,3,10H2,2,4H3. The van der Waals surface area contributed by atoms with E-state index >= 15 is 0 Å². The number of hydrogen-bond acceptors (Lipinski definition) is 3. The van der Waals surface area contributed by atoms with Crippen molar-refractivity contribution in [2.24, 2.45) is 0 Å². The predicted octanol–water partition coefficient (Wildman–Crippen LogP) is 3.28.